The van der Waals surface area contributed by atoms with Gasteiger partial charge in [-0.2, -0.15) is 12.6 Å². The van der Waals surface area contributed by atoms with Crippen molar-refractivity contribution in [2.45, 2.75) is 51.2 Å². The van der Waals surface area contributed by atoms with Crippen molar-refractivity contribution in [3.8, 4) is 0 Å². The average molecular weight is 349 g/mol. The fraction of sp³-hybridized carbons (Fsp3) is 0.875. The highest BCUT2D eigenvalue weighted by Crippen LogP contribution is 2.18. The van der Waals surface area contributed by atoms with E-state index in [1.54, 1.807) is 0 Å². The lowest BCUT2D eigenvalue weighted by Gasteiger charge is -2.16. The van der Waals surface area contributed by atoms with E-state index in [4.69, 9.17) is 9.47 Å². The molecule has 0 heterocycles. The summed E-state index contributed by atoms with van der Waals surface area (Å²) < 4.78 is 10.5. The van der Waals surface area contributed by atoms with Gasteiger partial charge in [0.2, 0.25) is 11.8 Å². The van der Waals surface area contributed by atoms with Crippen LogP contribution in [-0.4, -0.2) is 56.1 Å². The predicted octanol–water partition coefficient (Wildman–Crippen LogP) is 1.54. The molecule has 2 amide bonds. The molecule has 0 unspecified atom stereocenters. The molecular formula is C16H32N2O4S. The number of carbonyl (C=O) groups is 2. The molecule has 2 N–H and O–H groups in total. The molecule has 0 atom stereocenters. The van der Waals surface area contributed by atoms with Crippen LogP contribution in [0.2, 0.25) is 0 Å². The summed E-state index contributed by atoms with van der Waals surface area (Å²) in [4.78, 5) is 22.8. The summed E-state index contributed by atoms with van der Waals surface area (Å²) in [5, 5.41) is 5.59. The van der Waals surface area contributed by atoms with Crippen LogP contribution in [0, 0.1) is 0 Å². The van der Waals surface area contributed by atoms with E-state index in [1.165, 1.54) is 0 Å². The van der Waals surface area contributed by atoms with Crippen LogP contribution in [0.4, 0.5) is 0 Å². The molecule has 6 nitrogen and oxygen atoms in total. The summed E-state index contributed by atoms with van der Waals surface area (Å²) in [6.45, 7) is 8.94. The topological polar surface area (TPSA) is 76.7 Å². The van der Waals surface area contributed by atoms with Crippen LogP contribution in [0.25, 0.3) is 0 Å². The Morgan fingerprint density at radius 3 is 2.09 bits per heavy atom. The number of carbonyl (C=O) groups excluding carboxylic acids is 2. The van der Waals surface area contributed by atoms with E-state index in [0.717, 1.165) is 12.8 Å². The largest absolute Gasteiger partial charge is 0.379 e. The standard InChI is InChI=1S/C16H32N2O4S/c1-4-8-17-15(20)6-10-21-12-13-22-11-9-18-14(19)5-7-16(2,3)23/h23H,4-13H2,1-3H3,(H,17,20)(H,18,19). The molecule has 0 spiro atoms. The number of rotatable bonds is 14. The van der Waals surface area contributed by atoms with Gasteiger partial charge in [0.25, 0.3) is 0 Å². The molecule has 0 aromatic rings. The second-order valence-corrected chi connectivity index (χ2v) is 7.20. The summed E-state index contributed by atoms with van der Waals surface area (Å²) in [5.41, 5.74) is 0. The zero-order valence-electron chi connectivity index (χ0n) is 14.7. The summed E-state index contributed by atoms with van der Waals surface area (Å²) in [6, 6.07) is 0. The third-order valence-electron chi connectivity index (χ3n) is 2.95. The lowest BCUT2D eigenvalue weighted by atomic mass is 10.1. The molecule has 0 radical (unpaired) electrons. The Balaban J connectivity index is 3.30. The van der Waals surface area contributed by atoms with Gasteiger partial charge in [-0.1, -0.05) is 20.8 Å². The van der Waals surface area contributed by atoms with Gasteiger partial charge in [-0.05, 0) is 12.8 Å². The Kier molecular flexibility index (Phi) is 13.2. The van der Waals surface area contributed by atoms with Crippen molar-refractivity contribution in [3.63, 3.8) is 0 Å². The summed E-state index contributed by atoms with van der Waals surface area (Å²) in [6.07, 6.45) is 2.52. The smallest absolute Gasteiger partial charge is 0.222 e. The number of hydrogen-bond acceptors (Lipinski definition) is 5. The van der Waals surface area contributed by atoms with Gasteiger partial charge >= 0.3 is 0 Å². The van der Waals surface area contributed by atoms with Crippen LogP contribution in [0.5, 0.6) is 0 Å². The molecule has 0 fully saturated rings. The minimum atomic E-state index is -0.126. The van der Waals surface area contributed by atoms with Gasteiger partial charge in [0, 0.05) is 30.7 Å². The second-order valence-electron chi connectivity index (χ2n) is 5.99. The molecule has 0 saturated carbocycles. The number of nitrogens with one attached hydrogen (secondary N) is 2. The quantitative estimate of drug-likeness (QED) is 0.329. The number of thiol groups is 1. The normalized spacial score (nSPS) is 11.3. The van der Waals surface area contributed by atoms with E-state index in [2.05, 4.69) is 23.3 Å². The molecule has 0 aliphatic carbocycles. The van der Waals surface area contributed by atoms with Crippen LogP contribution >= 0.6 is 12.6 Å². The van der Waals surface area contributed by atoms with E-state index in [-0.39, 0.29) is 16.6 Å². The predicted molar refractivity (Wildman–Crippen MR) is 94.9 cm³/mol. The van der Waals surface area contributed by atoms with Crippen molar-refractivity contribution in [3.05, 3.63) is 0 Å². The van der Waals surface area contributed by atoms with Crippen LogP contribution < -0.4 is 10.6 Å². The van der Waals surface area contributed by atoms with Crippen LogP contribution in [0.1, 0.15) is 46.5 Å². The molecule has 0 aromatic carbocycles. The van der Waals surface area contributed by atoms with E-state index in [0.29, 0.717) is 52.4 Å². The molecule has 0 rings (SSSR count). The fourth-order valence-corrected chi connectivity index (χ4v) is 1.72. The monoisotopic (exact) mass is 348 g/mol. The van der Waals surface area contributed by atoms with Crippen molar-refractivity contribution >= 4 is 24.4 Å². The molecule has 7 heteroatoms. The Morgan fingerprint density at radius 2 is 1.48 bits per heavy atom. The summed E-state index contributed by atoms with van der Waals surface area (Å²) in [5.74, 6) is 0.0323. The third kappa shape index (κ3) is 17.4. The first kappa shape index (κ1) is 22.2. The van der Waals surface area contributed by atoms with Crippen LogP contribution in [0.15, 0.2) is 0 Å². The average Bonchev–Trinajstić information content (AvgIpc) is 2.48. The highest BCUT2D eigenvalue weighted by molar-refractivity contribution is 7.81. The minimum Gasteiger partial charge on any atom is -0.379 e. The maximum absolute atomic E-state index is 11.5. The Bertz CT molecular complexity index is 333. The lowest BCUT2D eigenvalue weighted by Crippen LogP contribution is -2.29. The summed E-state index contributed by atoms with van der Waals surface area (Å²) >= 11 is 4.38. The Hall–Kier alpha value is -0.790. The van der Waals surface area contributed by atoms with E-state index < -0.39 is 0 Å². The maximum Gasteiger partial charge on any atom is 0.222 e. The lowest BCUT2D eigenvalue weighted by molar-refractivity contribution is -0.122. The fourth-order valence-electron chi connectivity index (χ4n) is 1.61. The zero-order valence-corrected chi connectivity index (χ0v) is 15.5. The van der Waals surface area contributed by atoms with Crippen molar-refractivity contribution in [1.82, 2.24) is 10.6 Å². The van der Waals surface area contributed by atoms with Crippen molar-refractivity contribution < 1.29 is 19.1 Å². The first-order valence-corrected chi connectivity index (χ1v) is 8.71. The second kappa shape index (κ2) is 13.6. The Morgan fingerprint density at radius 1 is 0.913 bits per heavy atom. The number of hydrogen-bond donors (Lipinski definition) is 3. The van der Waals surface area contributed by atoms with Gasteiger partial charge < -0.3 is 20.1 Å². The highest BCUT2D eigenvalue weighted by atomic mass is 32.1. The van der Waals surface area contributed by atoms with Gasteiger partial charge in [0.1, 0.15) is 0 Å². The van der Waals surface area contributed by atoms with Gasteiger partial charge in [-0.25, -0.2) is 0 Å². The first-order chi connectivity index (χ1) is 10.8. The van der Waals surface area contributed by atoms with E-state index >= 15 is 0 Å². The van der Waals surface area contributed by atoms with Gasteiger partial charge in [-0.15, -0.1) is 0 Å². The molecule has 0 bridgehead atoms. The van der Waals surface area contributed by atoms with Gasteiger partial charge in [-0.3, -0.25) is 9.59 Å². The number of ether oxygens (including phenoxy) is 2. The van der Waals surface area contributed by atoms with Crippen molar-refractivity contribution in [2.75, 3.05) is 39.5 Å². The molecule has 0 aromatic heterocycles. The van der Waals surface area contributed by atoms with Crippen molar-refractivity contribution in [2.24, 2.45) is 0 Å². The van der Waals surface area contributed by atoms with Crippen LogP contribution in [0.3, 0.4) is 0 Å². The number of amides is 2. The third-order valence-corrected chi connectivity index (χ3v) is 3.17. The van der Waals surface area contributed by atoms with Crippen molar-refractivity contribution in [1.29, 1.82) is 0 Å². The Labute approximate surface area is 145 Å². The molecule has 0 aliphatic rings. The molecule has 23 heavy (non-hydrogen) atoms. The van der Waals surface area contributed by atoms with E-state index in [9.17, 15) is 9.59 Å². The molecule has 136 valence electrons. The molecule has 0 saturated heterocycles. The first-order valence-electron chi connectivity index (χ1n) is 8.26. The van der Waals surface area contributed by atoms with Crippen LogP contribution in [-0.2, 0) is 19.1 Å². The molecule has 0 aliphatic heterocycles. The molecular weight excluding hydrogens is 316 g/mol. The van der Waals surface area contributed by atoms with Gasteiger partial charge in [0.15, 0.2) is 0 Å². The maximum atomic E-state index is 11.5. The minimum absolute atomic E-state index is 0.0138. The summed E-state index contributed by atoms with van der Waals surface area (Å²) in [7, 11) is 0. The van der Waals surface area contributed by atoms with Gasteiger partial charge in [0.05, 0.1) is 26.4 Å². The van der Waals surface area contributed by atoms with E-state index in [1.807, 2.05) is 20.8 Å². The SMILES string of the molecule is CCCNC(=O)CCOCCOCCNC(=O)CCC(C)(C)S. The highest BCUT2D eigenvalue weighted by Gasteiger charge is 2.13. The zero-order chi connectivity index (χ0) is 17.6.